The molecule has 21 heavy (non-hydrogen) atoms. The Bertz CT molecular complexity index is 734. The molecule has 0 unspecified atom stereocenters. The average molecular weight is 300 g/mol. The fourth-order valence-corrected chi connectivity index (χ4v) is 4.48. The van der Waals surface area contributed by atoms with Gasteiger partial charge < -0.3 is 10.2 Å². The molecule has 1 N–H and O–H groups in total. The van der Waals surface area contributed by atoms with E-state index < -0.39 is 0 Å². The van der Waals surface area contributed by atoms with Crippen LogP contribution in [0.4, 0.5) is 0 Å². The van der Waals surface area contributed by atoms with Gasteiger partial charge in [0.05, 0.1) is 22.3 Å². The lowest BCUT2D eigenvalue weighted by Crippen LogP contribution is -2.65. The van der Waals surface area contributed by atoms with Crippen LogP contribution in [-0.2, 0) is 4.84 Å². The lowest BCUT2D eigenvalue weighted by molar-refractivity contribution is -0.148. The van der Waals surface area contributed by atoms with Crippen LogP contribution in [-0.4, -0.2) is 41.1 Å². The van der Waals surface area contributed by atoms with Crippen molar-refractivity contribution in [2.45, 2.75) is 18.6 Å². The Morgan fingerprint density at radius 2 is 2.24 bits per heavy atom. The first-order valence-corrected chi connectivity index (χ1v) is 8.31. The highest BCUT2D eigenvalue weighted by atomic mass is 32.1. The van der Waals surface area contributed by atoms with E-state index in [1.165, 1.54) is 30.6 Å². The molecule has 3 fully saturated rings. The number of benzene rings is 1. The largest absolute Gasteiger partial charge is 0.364 e. The number of thiazole rings is 1. The first kappa shape index (κ1) is 11.9. The average Bonchev–Trinajstić information content (AvgIpc) is 3.15. The molecule has 4 aliphatic rings. The zero-order chi connectivity index (χ0) is 13.9. The van der Waals surface area contributed by atoms with Crippen LogP contribution in [0.1, 0.15) is 18.4 Å². The summed E-state index contributed by atoms with van der Waals surface area (Å²) in [7, 11) is 0. The van der Waals surface area contributed by atoms with Crippen molar-refractivity contribution in [1.29, 1.82) is 0 Å². The maximum atomic E-state index is 5.90. The van der Waals surface area contributed by atoms with Gasteiger partial charge in [-0.15, -0.1) is 11.3 Å². The molecule has 1 aromatic carbocycles. The van der Waals surface area contributed by atoms with Gasteiger partial charge in [0.15, 0.2) is 5.84 Å². The SMILES string of the molecule is c1nc2ccc(C3=NO[C@@]4(CN5CCC4CC5)N3)cc2s1. The zero-order valence-corrected chi connectivity index (χ0v) is 12.4. The van der Waals surface area contributed by atoms with E-state index in [-0.39, 0.29) is 5.72 Å². The predicted molar refractivity (Wildman–Crippen MR) is 82.3 cm³/mol. The van der Waals surface area contributed by atoms with Gasteiger partial charge in [0, 0.05) is 11.5 Å². The Morgan fingerprint density at radius 3 is 3.05 bits per heavy atom. The van der Waals surface area contributed by atoms with Crippen LogP contribution < -0.4 is 5.32 Å². The maximum absolute atomic E-state index is 5.90. The Balaban J connectivity index is 1.46. The number of hydrogen-bond acceptors (Lipinski definition) is 6. The molecule has 2 aromatic rings. The highest BCUT2D eigenvalue weighted by Gasteiger charge is 2.52. The minimum absolute atomic E-state index is 0.297. The summed E-state index contributed by atoms with van der Waals surface area (Å²) in [5.41, 5.74) is 3.71. The summed E-state index contributed by atoms with van der Waals surface area (Å²) in [6, 6.07) is 6.26. The summed E-state index contributed by atoms with van der Waals surface area (Å²) in [4.78, 5) is 12.7. The van der Waals surface area contributed by atoms with Crippen molar-refractivity contribution < 1.29 is 4.84 Å². The molecule has 0 amide bonds. The van der Waals surface area contributed by atoms with Gasteiger partial charge in [-0.25, -0.2) is 4.98 Å². The quantitative estimate of drug-likeness (QED) is 0.875. The van der Waals surface area contributed by atoms with Crippen LogP contribution >= 0.6 is 11.3 Å². The van der Waals surface area contributed by atoms with Gasteiger partial charge in [-0.2, -0.15) is 0 Å². The second-order valence-corrected chi connectivity index (χ2v) is 7.02. The molecule has 5 heterocycles. The molecule has 1 atom stereocenters. The maximum Gasteiger partial charge on any atom is 0.224 e. The molecular formula is C15H16N4OS. The number of rotatable bonds is 1. The summed E-state index contributed by atoms with van der Waals surface area (Å²) in [6.45, 7) is 3.33. The second-order valence-electron chi connectivity index (χ2n) is 6.13. The van der Waals surface area contributed by atoms with E-state index in [4.69, 9.17) is 4.84 Å². The van der Waals surface area contributed by atoms with Gasteiger partial charge in [-0.3, -0.25) is 4.90 Å². The summed E-state index contributed by atoms with van der Waals surface area (Å²) in [5.74, 6) is 1.43. The Labute approximate surface area is 126 Å². The highest BCUT2D eigenvalue weighted by Crippen LogP contribution is 2.39. The van der Waals surface area contributed by atoms with Crippen molar-refractivity contribution in [3.05, 3.63) is 29.3 Å². The first-order chi connectivity index (χ1) is 10.3. The van der Waals surface area contributed by atoms with Crippen LogP contribution in [0, 0.1) is 5.92 Å². The second kappa shape index (κ2) is 4.18. The van der Waals surface area contributed by atoms with Crippen molar-refractivity contribution in [2.75, 3.05) is 19.6 Å². The van der Waals surface area contributed by atoms with Crippen LogP contribution in [0.5, 0.6) is 0 Å². The van der Waals surface area contributed by atoms with E-state index in [1.54, 1.807) is 11.3 Å². The van der Waals surface area contributed by atoms with Gasteiger partial charge >= 0.3 is 0 Å². The molecular weight excluding hydrogens is 284 g/mol. The van der Waals surface area contributed by atoms with Crippen LogP contribution in [0.15, 0.2) is 28.9 Å². The smallest absolute Gasteiger partial charge is 0.224 e. The van der Waals surface area contributed by atoms with Crippen molar-refractivity contribution in [3.63, 3.8) is 0 Å². The fraction of sp³-hybridized carbons (Fsp3) is 0.467. The molecule has 0 saturated carbocycles. The third kappa shape index (κ3) is 1.72. The number of fused-ring (bicyclic) bond motifs is 3. The minimum atomic E-state index is -0.297. The first-order valence-electron chi connectivity index (χ1n) is 7.43. The lowest BCUT2D eigenvalue weighted by Gasteiger charge is -2.49. The lowest BCUT2D eigenvalue weighted by atomic mass is 9.81. The van der Waals surface area contributed by atoms with Gasteiger partial charge in [0.1, 0.15) is 0 Å². The number of nitrogens with one attached hydrogen (secondary N) is 1. The van der Waals surface area contributed by atoms with Gasteiger partial charge in [0.25, 0.3) is 0 Å². The molecule has 0 aliphatic carbocycles. The third-order valence-corrected chi connectivity index (χ3v) is 5.73. The molecule has 108 valence electrons. The van der Waals surface area contributed by atoms with E-state index in [9.17, 15) is 0 Å². The molecule has 6 rings (SSSR count). The topological polar surface area (TPSA) is 49.8 Å². The number of aromatic nitrogens is 1. The van der Waals surface area contributed by atoms with E-state index in [1.807, 2.05) is 11.6 Å². The van der Waals surface area contributed by atoms with Crippen LogP contribution in [0.25, 0.3) is 10.2 Å². The summed E-state index contributed by atoms with van der Waals surface area (Å²) in [6.07, 6.45) is 2.40. The van der Waals surface area contributed by atoms with Crippen molar-refractivity contribution in [3.8, 4) is 0 Å². The minimum Gasteiger partial charge on any atom is -0.364 e. The number of oxime groups is 1. The number of hydrogen-bond donors (Lipinski definition) is 1. The fourth-order valence-electron chi connectivity index (χ4n) is 3.76. The molecule has 5 nitrogen and oxygen atoms in total. The van der Waals surface area contributed by atoms with E-state index in [0.717, 1.165) is 23.5 Å². The van der Waals surface area contributed by atoms with Gasteiger partial charge in [-0.05, 0) is 44.1 Å². The van der Waals surface area contributed by atoms with Crippen LogP contribution in [0.3, 0.4) is 0 Å². The van der Waals surface area contributed by atoms with Gasteiger partial charge in [-0.1, -0.05) is 5.16 Å². The predicted octanol–water partition coefficient (Wildman–Crippen LogP) is 2.00. The summed E-state index contributed by atoms with van der Waals surface area (Å²) < 4.78 is 1.19. The van der Waals surface area contributed by atoms with E-state index in [0.29, 0.717) is 5.92 Å². The molecule has 0 radical (unpaired) electrons. The molecule has 1 aromatic heterocycles. The third-order valence-electron chi connectivity index (χ3n) is 4.94. The standard InChI is InChI=1S/C15H16N4OS/c1-2-12-13(21-9-16-12)7-10(1)14-17-15(20-18-14)8-19-5-3-11(15)4-6-19/h1-2,7,9,11H,3-6,8H2,(H,17,18)/t15-/m1/s1. The zero-order valence-electron chi connectivity index (χ0n) is 11.6. The number of nitrogens with zero attached hydrogens (tertiary/aromatic N) is 3. The molecule has 6 heteroatoms. The van der Waals surface area contributed by atoms with Crippen LogP contribution in [0.2, 0.25) is 0 Å². The highest BCUT2D eigenvalue weighted by molar-refractivity contribution is 7.16. The Hall–Kier alpha value is -1.66. The molecule has 4 aliphatic heterocycles. The molecule has 1 spiro atoms. The number of piperidine rings is 3. The summed E-state index contributed by atoms with van der Waals surface area (Å²) in [5, 5.41) is 7.94. The Morgan fingerprint density at radius 1 is 1.33 bits per heavy atom. The van der Waals surface area contributed by atoms with Crippen molar-refractivity contribution >= 4 is 27.4 Å². The van der Waals surface area contributed by atoms with E-state index >= 15 is 0 Å². The monoisotopic (exact) mass is 300 g/mol. The van der Waals surface area contributed by atoms with Gasteiger partial charge in [0.2, 0.25) is 5.72 Å². The Kier molecular flexibility index (Phi) is 2.37. The molecule has 3 saturated heterocycles. The number of amidine groups is 1. The molecule has 2 bridgehead atoms. The summed E-state index contributed by atoms with van der Waals surface area (Å²) >= 11 is 1.66. The van der Waals surface area contributed by atoms with Crippen molar-refractivity contribution in [1.82, 2.24) is 15.2 Å². The normalized spacial score (nSPS) is 34.0. The van der Waals surface area contributed by atoms with E-state index in [2.05, 4.69) is 32.5 Å². The van der Waals surface area contributed by atoms with Crippen molar-refractivity contribution in [2.24, 2.45) is 11.1 Å².